The van der Waals surface area contributed by atoms with Gasteiger partial charge in [0.25, 0.3) is 0 Å². The molecule has 0 bridgehead atoms. The summed E-state index contributed by atoms with van der Waals surface area (Å²) in [5.41, 5.74) is 0. The Kier molecular flexibility index (Phi) is 2.88. The lowest BCUT2D eigenvalue weighted by Crippen LogP contribution is -2.49. The number of likely N-dealkylation sites (tertiary alicyclic amines) is 1. The molecule has 12 heavy (non-hydrogen) atoms. The number of amides is 1. The average molecular weight is 175 g/mol. The maximum atomic E-state index is 10.5. The summed E-state index contributed by atoms with van der Waals surface area (Å²) in [6.07, 6.45) is -1.42. The SMILES string of the molecule is COC1CN(C(=O)O)CCC1O. The van der Waals surface area contributed by atoms with Crippen molar-refractivity contribution in [3.05, 3.63) is 0 Å². The Balaban J connectivity index is 2.49. The van der Waals surface area contributed by atoms with Gasteiger partial charge in [0.05, 0.1) is 12.6 Å². The van der Waals surface area contributed by atoms with Crippen LogP contribution in [0.1, 0.15) is 6.42 Å². The fourth-order valence-corrected chi connectivity index (χ4v) is 1.31. The van der Waals surface area contributed by atoms with E-state index >= 15 is 0 Å². The molecule has 70 valence electrons. The van der Waals surface area contributed by atoms with E-state index in [0.717, 1.165) is 0 Å². The van der Waals surface area contributed by atoms with Crippen molar-refractivity contribution in [2.45, 2.75) is 18.6 Å². The standard InChI is InChI=1S/C7H13NO4/c1-12-6-4-8(7(10)11)3-2-5(6)9/h5-6,9H,2-4H2,1H3,(H,10,11). The van der Waals surface area contributed by atoms with Crippen LogP contribution in [0.15, 0.2) is 0 Å². The lowest BCUT2D eigenvalue weighted by atomic mass is 10.1. The third kappa shape index (κ3) is 1.86. The van der Waals surface area contributed by atoms with Crippen molar-refractivity contribution >= 4 is 6.09 Å². The molecular weight excluding hydrogens is 162 g/mol. The first-order valence-electron chi connectivity index (χ1n) is 3.84. The molecule has 0 aromatic carbocycles. The number of piperidine rings is 1. The molecule has 1 rings (SSSR count). The Morgan fingerprint density at radius 1 is 1.67 bits per heavy atom. The number of ether oxygens (including phenoxy) is 1. The second-order valence-corrected chi connectivity index (χ2v) is 2.86. The van der Waals surface area contributed by atoms with Crippen molar-refractivity contribution in [3.63, 3.8) is 0 Å². The quantitative estimate of drug-likeness (QED) is 0.576. The van der Waals surface area contributed by atoms with Crippen LogP contribution in [-0.2, 0) is 4.74 Å². The first kappa shape index (κ1) is 9.28. The summed E-state index contributed by atoms with van der Waals surface area (Å²) in [6, 6.07) is 0. The third-order valence-corrected chi connectivity index (χ3v) is 2.10. The van der Waals surface area contributed by atoms with Crippen molar-refractivity contribution in [2.75, 3.05) is 20.2 Å². The highest BCUT2D eigenvalue weighted by molar-refractivity contribution is 5.65. The van der Waals surface area contributed by atoms with Gasteiger partial charge in [-0.15, -0.1) is 0 Å². The van der Waals surface area contributed by atoms with E-state index in [4.69, 9.17) is 9.84 Å². The van der Waals surface area contributed by atoms with Crippen LogP contribution in [0.2, 0.25) is 0 Å². The molecule has 1 amide bonds. The van der Waals surface area contributed by atoms with E-state index in [1.807, 2.05) is 0 Å². The van der Waals surface area contributed by atoms with E-state index in [1.54, 1.807) is 0 Å². The van der Waals surface area contributed by atoms with E-state index in [-0.39, 0.29) is 12.6 Å². The van der Waals surface area contributed by atoms with Crippen LogP contribution >= 0.6 is 0 Å². The van der Waals surface area contributed by atoms with Crippen molar-refractivity contribution < 1.29 is 19.7 Å². The van der Waals surface area contributed by atoms with Crippen LogP contribution in [0.25, 0.3) is 0 Å². The number of methoxy groups -OCH3 is 1. The Morgan fingerprint density at radius 3 is 2.83 bits per heavy atom. The molecule has 1 saturated heterocycles. The summed E-state index contributed by atoms with van der Waals surface area (Å²) >= 11 is 0. The summed E-state index contributed by atoms with van der Waals surface area (Å²) in [7, 11) is 1.47. The van der Waals surface area contributed by atoms with Gasteiger partial charge in [0.1, 0.15) is 6.10 Å². The van der Waals surface area contributed by atoms with Gasteiger partial charge >= 0.3 is 6.09 Å². The predicted molar refractivity (Wildman–Crippen MR) is 41.0 cm³/mol. The minimum atomic E-state index is -0.955. The highest BCUT2D eigenvalue weighted by Crippen LogP contribution is 2.13. The van der Waals surface area contributed by atoms with Gasteiger partial charge in [-0.25, -0.2) is 4.79 Å². The van der Waals surface area contributed by atoms with Gasteiger partial charge in [0.2, 0.25) is 0 Å². The Morgan fingerprint density at radius 2 is 2.33 bits per heavy atom. The number of hydrogen-bond donors (Lipinski definition) is 2. The number of carbonyl (C=O) groups is 1. The van der Waals surface area contributed by atoms with E-state index in [9.17, 15) is 9.90 Å². The Hall–Kier alpha value is -0.810. The normalized spacial score (nSPS) is 30.3. The van der Waals surface area contributed by atoms with Gasteiger partial charge in [0.15, 0.2) is 0 Å². The minimum absolute atomic E-state index is 0.257. The van der Waals surface area contributed by atoms with Crippen molar-refractivity contribution in [1.82, 2.24) is 4.90 Å². The molecule has 0 aromatic heterocycles. The Bertz CT molecular complexity index is 173. The molecule has 1 heterocycles. The van der Waals surface area contributed by atoms with Crippen molar-refractivity contribution in [3.8, 4) is 0 Å². The van der Waals surface area contributed by atoms with Crippen LogP contribution in [0, 0.1) is 0 Å². The second kappa shape index (κ2) is 3.73. The molecule has 0 radical (unpaired) electrons. The highest BCUT2D eigenvalue weighted by Gasteiger charge is 2.29. The number of nitrogens with zero attached hydrogens (tertiary/aromatic N) is 1. The maximum absolute atomic E-state index is 10.5. The molecule has 0 spiro atoms. The zero-order valence-electron chi connectivity index (χ0n) is 6.93. The monoisotopic (exact) mass is 175 g/mol. The summed E-state index contributed by atoms with van der Waals surface area (Å²) in [6.45, 7) is 0.642. The summed E-state index contributed by atoms with van der Waals surface area (Å²) < 4.78 is 4.93. The molecule has 2 atom stereocenters. The average Bonchev–Trinajstić information content (AvgIpc) is 2.05. The van der Waals surface area contributed by atoms with E-state index in [1.165, 1.54) is 12.0 Å². The zero-order chi connectivity index (χ0) is 9.14. The van der Waals surface area contributed by atoms with Gasteiger partial charge in [-0.2, -0.15) is 0 Å². The zero-order valence-corrected chi connectivity index (χ0v) is 6.93. The largest absolute Gasteiger partial charge is 0.465 e. The second-order valence-electron chi connectivity index (χ2n) is 2.86. The molecule has 5 nitrogen and oxygen atoms in total. The lowest BCUT2D eigenvalue weighted by molar-refractivity contribution is -0.0552. The predicted octanol–water partition coefficient (Wildman–Crippen LogP) is -0.254. The van der Waals surface area contributed by atoms with Crippen LogP contribution < -0.4 is 0 Å². The fourth-order valence-electron chi connectivity index (χ4n) is 1.31. The van der Waals surface area contributed by atoms with Crippen LogP contribution in [0.3, 0.4) is 0 Å². The lowest BCUT2D eigenvalue weighted by Gasteiger charge is -2.33. The minimum Gasteiger partial charge on any atom is -0.465 e. The third-order valence-electron chi connectivity index (χ3n) is 2.10. The topological polar surface area (TPSA) is 70.0 Å². The molecule has 0 aromatic rings. The van der Waals surface area contributed by atoms with Gasteiger partial charge in [-0.3, -0.25) is 0 Å². The van der Waals surface area contributed by atoms with E-state index in [0.29, 0.717) is 13.0 Å². The summed E-state index contributed by atoms with van der Waals surface area (Å²) in [5.74, 6) is 0. The van der Waals surface area contributed by atoms with E-state index < -0.39 is 12.2 Å². The molecule has 1 aliphatic rings. The molecule has 1 fully saturated rings. The number of hydrogen-bond acceptors (Lipinski definition) is 3. The van der Waals surface area contributed by atoms with Crippen LogP contribution in [0.4, 0.5) is 4.79 Å². The molecule has 5 heteroatoms. The molecule has 2 N–H and O–H groups in total. The Labute approximate surface area is 70.5 Å². The fraction of sp³-hybridized carbons (Fsp3) is 0.857. The molecule has 0 aliphatic carbocycles. The van der Waals surface area contributed by atoms with Gasteiger partial charge in [0, 0.05) is 13.7 Å². The smallest absolute Gasteiger partial charge is 0.407 e. The van der Waals surface area contributed by atoms with Crippen molar-refractivity contribution in [2.24, 2.45) is 0 Å². The maximum Gasteiger partial charge on any atom is 0.407 e. The molecule has 0 saturated carbocycles. The van der Waals surface area contributed by atoms with Crippen LogP contribution in [-0.4, -0.2) is 53.6 Å². The van der Waals surface area contributed by atoms with Gasteiger partial charge in [-0.1, -0.05) is 0 Å². The number of aliphatic hydroxyl groups is 1. The molecule has 2 unspecified atom stereocenters. The first-order chi connectivity index (χ1) is 5.65. The molecular formula is C7H13NO4. The number of carboxylic acid groups (broad SMARTS) is 1. The van der Waals surface area contributed by atoms with Crippen LogP contribution in [0.5, 0.6) is 0 Å². The first-order valence-corrected chi connectivity index (χ1v) is 3.84. The highest BCUT2D eigenvalue weighted by atomic mass is 16.5. The van der Waals surface area contributed by atoms with E-state index in [2.05, 4.69) is 0 Å². The molecule has 1 aliphatic heterocycles. The van der Waals surface area contributed by atoms with Gasteiger partial charge < -0.3 is 19.8 Å². The number of aliphatic hydroxyl groups excluding tert-OH is 1. The number of rotatable bonds is 1. The van der Waals surface area contributed by atoms with Crippen molar-refractivity contribution in [1.29, 1.82) is 0 Å². The van der Waals surface area contributed by atoms with Gasteiger partial charge in [-0.05, 0) is 6.42 Å². The summed E-state index contributed by atoms with van der Waals surface area (Å²) in [5, 5.41) is 18.0. The summed E-state index contributed by atoms with van der Waals surface area (Å²) in [4.78, 5) is 11.8.